The molecule has 0 heterocycles. The fraction of sp³-hybridized carbons (Fsp3) is 0.947. The molecule has 41 heavy (non-hydrogen) atoms. The quantitative estimate of drug-likeness (QED) is 0.0425. The SMILES string of the molecule is C=CC(CCCCCCCCCC)C([O])(OCCCCCCCCCCCC)OCCCCCCCCCCCC. The monoisotopic (exact) mass is 580 g/mol. The Morgan fingerprint density at radius 2 is 0.732 bits per heavy atom. The minimum atomic E-state index is -1.78. The zero-order valence-electron chi connectivity index (χ0n) is 28.5. The highest BCUT2D eigenvalue weighted by molar-refractivity contribution is 4.85. The van der Waals surface area contributed by atoms with Gasteiger partial charge in [-0.05, 0) is 19.3 Å². The minimum Gasteiger partial charge on any atom is -0.325 e. The maximum atomic E-state index is 13.9. The van der Waals surface area contributed by atoms with E-state index in [9.17, 15) is 5.11 Å². The Labute approximate surface area is 259 Å². The van der Waals surface area contributed by atoms with E-state index in [4.69, 9.17) is 9.47 Å². The van der Waals surface area contributed by atoms with Gasteiger partial charge in [-0.15, -0.1) is 6.58 Å². The normalized spacial score (nSPS) is 12.7. The van der Waals surface area contributed by atoms with Crippen molar-refractivity contribution in [2.24, 2.45) is 5.92 Å². The predicted molar refractivity (Wildman–Crippen MR) is 180 cm³/mol. The molecular formula is C38H75O3. The van der Waals surface area contributed by atoms with E-state index in [0.717, 1.165) is 38.5 Å². The summed E-state index contributed by atoms with van der Waals surface area (Å²) in [5.41, 5.74) is 0. The molecule has 0 aromatic heterocycles. The first kappa shape index (κ1) is 40.6. The van der Waals surface area contributed by atoms with Crippen LogP contribution in [0, 0.1) is 5.92 Å². The first-order valence-corrected chi connectivity index (χ1v) is 18.7. The van der Waals surface area contributed by atoms with E-state index in [-0.39, 0.29) is 5.92 Å². The van der Waals surface area contributed by atoms with Gasteiger partial charge in [-0.3, -0.25) is 0 Å². The van der Waals surface area contributed by atoms with Gasteiger partial charge in [-0.25, -0.2) is 0 Å². The van der Waals surface area contributed by atoms with Crippen LogP contribution < -0.4 is 0 Å². The summed E-state index contributed by atoms with van der Waals surface area (Å²) < 4.78 is 12.0. The van der Waals surface area contributed by atoms with Gasteiger partial charge in [0.2, 0.25) is 0 Å². The third kappa shape index (κ3) is 26.9. The van der Waals surface area contributed by atoms with Gasteiger partial charge >= 0.3 is 5.97 Å². The van der Waals surface area contributed by atoms with Crippen molar-refractivity contribution in [3.63, 3.8) is 0 Å². The molecule has 0 fully saturated rings. The molecule has 3 heteroatoms. The molecule has 0 aliphatic heterocycles. The third-order valence-electron chi connectivity index (χ3n) is 8.71. The van der Waals surface area contributed by atoms with Gasteiger partial charge in [0, 0.05) is 0 Å². The molecule has 0 bridgehead atoms. The number of hydrogen-bond donors (Lipinski definition) is 0. The van der Waals surface area contributed by atoms with Crippen LogP contribution in [0.3, 0.4) is 0 Å². The van der Waals surface area contributed by atoms with Crippen molar-refractivity contribution < 1.29 is 14.6 Å². The Bertz CT molecular complexity index is 480. The van der Waals surface area contributed by atoms with E-state index in [1.807, 2.05) is 6.08 Å². The summed E-state index contributed by atoms with van der Waals surface area (Å²) in [4.78, 5) is 0. The highest BCUT2D eigenvalue weighted by atomic mass is 16.8. The molecule has 0 saturated heterocycles. The van der Waals surface area contributed by atoms with Crippen molar-refractivity contribution in [1.82, 2.24) is 0 Å². The highest BCUT2D eigenvalue weighted by Gasteiger charge is 2.39. The fourth-order valence-electron chi connectivity index (χ4n) is 5.80. The van der Waals surface area contributed by atoms with Crippen LogP contribution in [-0.2, 0) is 14.6 Å². The largest absolute Gasteiger partial charge is 0.325 e. The van der Waals surface area contributed by atoms with Crippen LogP contribution in [0.4, 0.5) is 0 Å². The first-order valence-electron chi connectivity index (χ1n) is 18.7. The van der Waals surface area contributed by atoms with E-state index in [2.05, 4.69) is 27.4 Å². The zero-order chi connectivity index (χ0) is 30.1. The molecule has 1 unspecified atom stereocenters. The zero-order valence-corrected chi connectivity index (χ0v) is 28.5. The van der Waals surface area contributed by atoms with Crippen molar-refractivity contribution in [2.45, 2.75) is 213 Å². The molecule has 0 N–H and O–H groups in total. The molecule has 0 aliphatic rings. The summed E-state index contributed by atoms with van der Waals surface area (Å²) in [5.74, 6) is -2.06. The van der Waals surface area contributed by atoms with Crippen LogP contribution in [0.1, 0.15) is 207 Å². The maximum Gasteiger partial charge on any atom is 0.318 e. The smallest absolute Gasteiger partial charge is 0.318 e. The molecule has 0 spiro atoms. The van der Waals surface area contributed by atoms with Crippen molar-refractivity contribution in [2.75, 3.05) is 13.2 Å². The van der Waals surface area contributed by atoms with E-state index in [1.54, 1.807) is 0 Å². The molecule has 0 aliphatic carbocycles. The van der Waals surface area contributed by atoms with Gasteiger partial charge in [0.05, 0.1) is 19.1 Å². The van der Waals surface area contributed by atoms with Crippen molar-refractivity contribution in [1.29, 1.82) is 0 Å². The van der Waals surface area contributed by atoms with Crippen molar-refractivity contribution >= 4 is 0 Å². The van der Waals surface area contributed by atoms with Crippen LogP contribution in [0.5, 0.6) is 0 Å². The summed E-state index contributed by atoms with van der Waals surface area (Å²) >= 11 is 0. The number of unbranched alkanes of at least 4 members (excludes halogenated alkanes) is 25. The van der Waals surface area contributed by atoms with Gasteiger partial charge in [0.1, 0.15) is 0 Å². The second-order valence-corrected chi connectivity index (χ2v) is 12.8. The lowest BCUT2D eigenvalue weighted by Gasteiger charge is -2.32. The van der Waals surface area contributed by atoms with Gasteiger partial charge < -0.3 is 9.47 Å². The van der Waals surface area contributed by atoms with Gasteiger partial charge in [0.25, 0.3) is 0 Å². The van der Waals surface area contributed by atoms with E-state index >= 15 is 0 Å². The number of rotatable bonds is 35. The topological polar surface area (TPSA) is 38.4 Å². The molecule has 0 rings (SSSR count). The van der Waals surface area contributed by atoms with Crippen LogP contribution in [0.15, 0.2) is 12.7 Å². The first-order chi connectivity index (χ1) is 20.1. The van der Waals surface area contributed by atoms with E-state index < -0.39 is 5.97 Å². The number of hydrogen-bond acceptors (Lipinski definition) is 2. The number of ether oxygens (including phenoxy) is 2. The van der Waals surface area contributed by atoms with Gasteiger partial charge in [0.15, 0.2) is 0 Å². The molecule has 1 radical (unpaired) electrons. The second kappa shape index (κ2) is 32.5. The summed E-state index contributed by atoms with van der Waals surface area (Å²) in [6.45, 7) is 11.8. The van der Waals surface area contributed by atoms with Gasteiger partial charge in [-0.1, -0.05) is 194 Å². The van der Waals surface area contributed by atoms with Crippen molar-refractivity contribution in [3.8, 4) is 0 Å². The summed E-state index contributed by atoms with van der Waals surface area (Å²) in [7, 11) is 0. The average Bonchev–Trinajstić information content (AvgIpc) is 2.98. The Hall–Kier alpha value is -0.380. The standard InChI is InChI=1S/C38H75O3/c1-5-9-12-15-18-21-23-26-29-32-35-40-38(39,37(8-4)34-31-28-25-20-17-14-11-7-3)41-36-33-30-27-24-22-19-16-13-10-6-2/h8,37H,4-7,9-36H2,1-3H3. The Morgan fingerprint density at radius 3 is 1.02 bits per heavy atom. The minimum absolute atomic E-state index is 0.283. The third-order valence-corrected chi connectivity index (χ3v) is 8.71. The maximum absolute atomic E-state index is 13.9. The van der Waals surface area contributed by atoms with E-state index in [0.29, 0.717) is 13.2 Å². The lowest BCUT2D eigenvalue weighted by molar-refractivity contribution is -0.407. The van der Waals surface area contributed by atoms with Crippen molar-refractivity contribution in [3.05, 3.63) is 12.7 Å². The Kier molecular flexibility index (Phi) is 32.2. The van der Waals surface area contributed by atoms with Crippen LogP contribution in [0.25, 0.3) is 0 Å². The summed E-state index contributed by atoms with van der Waals surface area (Å²) in [6, 6.07) is 0. The molecule has 3 nitrogen and oxygen atoms in total. The fourth-order valence-corrected chi connectivity index (χ4v) is 5.80. The molecule has 1 atom stereocenters. The second-order valence-electron chi connectivity index (χ2n) is 12.8. The summed E-state index contributed by atoms with van der Waals surface area (Å²) in [6.07, 6.45) is 38.4. The lowest BCUT2D eigenvalue weighted by atomic mass is 9.97. The molecular weight excluding hydrogens is 504 g/mol. The molecule has 0 saturated carbocycles. The Morgan fingerprint density at radius 1 is 0.463 bits per heavy atom. The molecule has 0 aromatic rings. The van der Waals surface area contributed by atoms with Gasteiger partial charge in [-0.2, -0.15) is 5.11 Å². The van der Waals surface area contributed by atoms with E-state index in [1.165, 1.54) is 148 Å². The molecule has 0 amide bonds. The summed E-state index contributed by atoms with van der Waals surface area (Å²) in [5, 5.41) is 13.9. The lowest BCUT2D eigenvalue weighted by Crippen LogP contribution is -2.42. The highest BCUT2D eigenvalue weighted by Crippen LogP contribution is 2.29. The van der Waals surface area contributed by atoms with Crippen LogP contribution in [0.2, 0.25) is 0 Å². The molecule has 245 valence electrons. The predicted octanol–water partition coefficient (Wildman–Crippen LogP) is 13.3. The van der Waals surface area contributed by atoms with Crippen LogP contribution in [-0.4, -0.2) is 19.2 Å². The molecule has 0 aromatic carbocycles. The average molecular weight is 580 g/mol. The van der Waals surface area contributed by atoms with Crippen LogP contribution >= 0.6 is 0 Å². The Balaban J connectivity index is 4.38.